The molecular formula is C35H52F3N5O4. The van der Waals surface area contributed by atoms with Crippen molar-refractivity contribution in [2.24, 2.45) is 17.8 Å². The zero-order valence-electron chi connectivity index (χ0n) is 28.3. The molecule has 1 aromatic carbocycles. The van der Waals surface area contributed by atoms with E-state index in [4.69, 9.17) is 0 Å². The van der Waals surface area contributed by atoms with Gasteiger partial charge in [-0.05, 0) is 62.3 Å². The Morgan fingerprint density at radius 2 is 1.57 bits per heavy atom. The molecule has 3 fully saturated rings. The normalized spacial score (nSPS) is 23.3. The molecule has 4 amide bonds. The first-order valence-corrected chi connectivity index (χ1v) is 17.4. The summed E-state index contributed by atoms with van der Waals surface area (Å²) in [4.78, 5) is 56.3. The molecule has 1 aromatic rings. The molecule has 2 aliphatic carbocycles. The Balaban J connectivity index is 1.51. The first kappa shape index (κ1) is 36.7. The van der Waals surface area contributed by atoms with Crippen LogP contribution in [-0.4, -0.2) is 84.7 Å². The number of likely N-dealkylation sites (N-methyl/N-ethyl adjacent to an activating group) is 1. The van der Waals surface area contributed by atoms with E-state index in [1.807, 2.05) is 7.05 Å². The number of halogens is 3. The highest BCUT2D eigenvalue weighted by molar-refractivity contribution is 5.98. The SMILES string of the molecule is CCC(=O)N[C@@H](C(=O)N1CCN(C)CC1)[C@@H](C)c1ccc(NC(=O)[C@@H](NC(=O)C(F)(F)C2CCCCC2)[C@H]2CC[C@H](C)CC2)c(F)c1. The van der Waals surface area contributed by atoms with Crippen LogP contribution in [-0.2, 0) is 19.2 Å². The number of carbonyl (C=O) groups is 4. The molecule has 3 N–H and O–H groups in total. The third-order valence-electron chi connectivity index (χ3n) is 10.5. The van der Waals surface area contributed by atoms with Gasteiger partial charge in [0, 0.05) is 44.4 Å². The van der Waals surface area contributed by atoms with Crippen molar-refractivity contribution in [3.63, 3.8) is 0 Å². The molecule has 2 saturated carbocycles. The van der Waals surface area contributed by atoms with Crippen molar-refractivity contribution in [2.45, 2.75) is 109 Å². The van der Waals surface area contributed by atoms with Crippen LogP contribution < -0.4 is 16.0 Å². The van der Waals surface area contributed by atoms with E-state index in [0.717, 1.165) is 19.3 Å². The van der Waals surface area contributed by atoms with Gasteiger partial charge in [-0.1, -0.05) is 58.9 Å². The van der Waals surface area contributed by atoms with Crippen molar-refractivity contribution in [3.8, 4) is 0 Å². The van der Waals surface area contributed by atoms with Crippen LogP contribution in [0.2, 0.25) is 0 Å². The number of anilines is 1. The second kappa shape index (κ2) is 16.3. The lowest BCUT2D eigenvalue weighted by molar-refractivity contribution is -0.158. The molecule has 0 radical (unpaired) electrons. The van der Waals surface area contributed by atoms with Crippen LogP contribution in [0.1, 0.15) is 96.5 Å². The lowest BCUT2D eigenvalue weighted by Gasteiger charge is -2.36. The number of alkyl halides is 2. The summed E-state index contributed by atoms with van der Waals surface area (Å²) in [6, 6.07) is 2.02. The Morgan fingerprint density at radius 3 is 2.17 bits per heavy atom. The summed E-state index contributed by atoms with van der Waals surface area (Å²) in [6.07, 6.45) is 5.62. The average molecular weight is 664 g/mol. The first-order chi connectivity index (χ1) is 22.3. The first-order valence-electron chi connectivity index (χ1n) is 17.4. The fourth-order valence-corrected chi connectivity index (χ4v) is 7.12. The van der Waals surface area contributed by atoms with Gasteiger partial charge in [0.2, 0.25) is 17.7 Å². The van der Waals surface area contributed by atoms with E-state index >= 15 is 13.2 Å². The van der Waals surface area contributed by atoms with E-state index in [9.17, 15) is 19.2 Å². The molecule has 0 spiro atoms. The van der Waals surface area contributed by atoms with Crippen molar-refractivity contribution in [1.82, 2.24) is 20.4 Å². The fourth-order valence-electron chi connectivity index (χ4n) is 7.12. The molecule has 3 aliphatic rings. The highest BCUT2D eigenvalue weighted by Gasteiger charge is 2.49. The van der Waals surface area contributed by atoms with E-state index in [-0.39, 0.29) is 42.7 Å². The van der Waals surface area contributed by atoms with Gasteiger partial charge in [-0.25, -0.2) is 4.39 Å². The third kappa shape index (κ3) is 9.27. The van der Waals surface area contributed by atoms with E-state index < -0.39 is 47.5 Å². The van der Waals surface area contributed by atoms with Crippen LogP contribution in [0.5, 0.6) is 0 Å². The van der Waals surface area contributed by atoms with E-state index in [2.05, 4.69) is 27.8 Å². The van der Waals surface area contributed by atoms with Crippen molar-refractivity contribution >= 4 is 29.3 Å². The zero-order valence-corrected chi connectivity index (χ0v) is 28.3. The molecule has 0 unspecified atom stereocenters. The molecule has 9 nitrogen and oxygen atoms in total. The highest BCUT2D eigenvalue weighted by atomic mass is 19.3. The van der Waals surface area contributed by atoms with Crippen LogP contribution in [0.4, 0.5) is 18.9 Å². The molecule has 0 bridgehead atoms. The van der Waals surface area contributed by atoms with Gasteiger partial charge in [0.1, 0.15) is 17.9 Å². The Hall–Kier alpha value is -3.15. The van der Waals surface area contributed by atoms with Crippen molar-refractivity contribution in [1.29, 1.82) is 0 Å². The van der Waals surface area contributed by atoms with Gasteiger partial charge in [-0.2, -0.15) is 8.78 Å². The zero-order chi connectivity index (χ0) is 34.3. The predicted molar refractivity (Wildman–Crippen MR) is 174 cm³/mol. The fraction of sp³-hybridized carbons (Fsp3) is 0.714. The molecule has 1 aliphatic heterocycles. The van der Waals surface area contributed by atoms with Crippen molar-refractivity contribution in [2.75, 3.05) is 38.5 Å². The van der Waals surface area contributed by atoms with Crippen LogP contribution in [0.25, 0.3) is 0 Å². The Morgan fingerprint density at radius 1 is 0.936 bits per heavy atom. The van der Waals surface area contributed by atoms with Crippen LogP contribution in [0.3, 0.4) is 0 Å². The van der Waals surface area contributed by atoms with Gasteiger partial charge < -0.3 is 25.8 Å². The second-order valence-corrected chi connectivity index (χ2v) is 14.0. The summed E-state index contributed by atoms with van der Waals surface area (Å²) in [6.45, 7) is 7.97. The smallest absolute Gasteiger partial charge is 0.327 e. The van der Waals surface area contributed by atoms with Crippen LogP contribution >= 0.6 is 0 Å². The number of carbonyl (C=O) groups excluding carboxylic acids is 4. The number of amides is 4. The van der Waals surface area contributed by atoms with Crippen LogP contribution in [0, 0.1) is 23.6 Å². The summed E-state index contributed by atoms with van der Waals surface area (Å²) in [7, 11) is 1.97. The number of hydrogen-bond donors (Lipinski definition) is 3. The summed E-state index contributed by atoms with van der Waals surface area (Å²) in [5.41, 5.74) is 0.288. The second-order valence-electron chi connectivity index (χ2n) is 14.0. The number of hydrogen-bond acceptors (Lipinski definition) is 5. The van der Waals surface area contributed by atoms with Gasteiger partial charge in [-0.3, -0.25) is 19.2 Å². The Bertz CT molecular complexity index is 1260. The van der Waals surface area contributed by atoms with E-state index in [1.165, 1.54) is 12.1 Å². The van der Waals surface area contributed by atoms with Gasteiger partial charge in [0.05, 0.1) is 5.69 Å². The highest BCUT2D eigenvalue weighted by Crippen LogP contribution is 2.38. The van der Waals surface area contributed by atoms with Crippen molar-refractivity contribution in [3.05, 3.63) is 29.6 Å². The number of nitrogens with zero attached hydrogens (tertiary/aromatic N) is 2. The molecule has 262 valence electrons. The largest absolute Gasteiger partial charge is 0.344 e. The van der Waals surface area contributed by atoms with Gasteiger partial charge >= 0.3 is 5.92 Å². The average Bonchev–Trinajstić information content (AvgIpc) is 3.07. The van der Waals surface area contributed by atoms with E-state index in [0.29, 0.717) is 63.3 Å². The maximum absolute atomic E-state index is 15.6. The van der Waals surface area contributed by atoms with E-state index in [1.54, 1.807) is 24.8 Å². The summed E-state index contributed by atoms with van der Waals surface area (Å²) in [5, 5.41) is 7.74. The molecule has 0 aromatic heterocycles. The van der Waals surface area contributed by atoms with Crippen LogP contribution in [0.15, 0.2) is 18.2 Å². The molecule has 1 heterocycles. The Kier molecular flexibility index (Phi) is 12.7. The maximum Gasteiger partial charge on any atom is 0.327 e. The predicted octanol–water partition coefficient (Wildman–Crippen LogP) is 5.06. The summed E-state index contributed by atoms with van der Waals surface area (Å²) >= 11 is 0. The van der Waals surface area contributed by atoms with Crippen molar-refractivity contribution < 1.29 is 32.3 Å². The quantitative estimate of drug-likeness (QED) is 0.307. The molecule has 3 atom stereocenters. The molecule has 12 heteroatoms. The molecule has 47 heavy (non-hydrogen) atoms. The third-order valence-corrected chi connectivity index (χ3v) is 10.5. The summed E-state index contributed by atoms with van der Waals surface area (Å²) < 4.78 is 46.1. The molecular weight excluding hydrogens is 611 g/mol. The number of nitrogens with one attached hydrogen (secondary N) is 3. The summed E-state index contributed by atoms with van der Waals surface area (Å²) in [5.74, 6) is -8.68. The van der Waals surface area contributed by atoms with Gasteiger partial charge in [-0.15, -0.1) is 0 Å². The number of piperazine rings is 1. The molecule has 4 rings (SSSR count). The lowest BCUT2D eigenvalue weighted by Crippen LogP contribution is -2.55. The van der Waals surface area contributed by atoms with Gasteiger partial charge in [0.25, 0.3) is 5.91 Å². The maximum atomic E-state index is 15.6. The van der Waals surface area contributed by atoms with Gasteiger partial charge in [0.15, 0.2) is 0 Å². The topological polar surface area (TPSA) is 111 Å². The monoisotopic (exact) mass is 663 g/mol. The Labute approximate surface area is 276 Å². The number of rotatable bonds is 11. The minimum atomic E-state index is -3.60. The minimum Gasteiger partial charge on any atom is -0.344 e. The lowest BCUT2D eigenvalue weighted by atomic mass is 9.78. The minimum absolute atomic E-state index is 0.159. The number of benzene rings is 1. The standard InChI is InChI=1S/C35H52F3N5O4/c1-5-29(44)40-30(33(46)43-19-17-42(4)18-20-43)23(3)25-15-16-28(27(36)21-25)39-32(45)31(24-13-11-22(2)12-14-24)41-34(47)35(37,38)26-9-7-6-8-10-26/h15-16,21-24,26,30-31H,5-14,17-20H2,1-4H3,(H,39,45)(H,40,44)(H,41,47)/t22-,23-,24-,30+,31-/m0/s1. The molecule has 1 saturated heterocycles.